The number of hydrogen-bond acceptors (Lipinski definition) is 4. The van der Waals surface area contributed by atoms with E-state index in [1.54, 1.807) is 0 Å². The van der Waals surface area contributed by atoms with Gasteiger partial charge in [0.15, 0.2) is 0 Å². The van der Waals surface area contributed by atoms with Crippen molar-refractivity contribution in [3.8, 4) is 0 Å². The van der Waals surface area contributed by atoms with Crippen LogP contribution in [0.4, 0.5) is 0 Å². The Morgan fingerprint density at radius 1 is 1.37 bits per heavy atom. The Morgan fingerprint density at radius 3 is 2.42 bits per heavy atom. The Hall–Kier alpha value is -1.85. The van der Waals surface area contributed by atoms with Crippen LogP contribution < -0.4 is 0 Å². The minimum atomic E-state index is -0.414. The SMILES string of the molecule is COC(=O)CN(C(=O)Cc1c(C)n[nH]c1C)C(C)C. The van der Waals surface area contributed by atoms with Crippen LogP contribution in [-0.4, -0.2) is 46.7 Å². The highest BCUT2D eigenvalue weighted by atomic mass is 16.5. The smallest absolute Gasteiger partial charge is 0.325 e. The van der Waals surface area contributed by atoms with Crippen LogP contribution in [0.5, 0.6) is 0 Å². The van der Waals surface area contributed by atoms with Gasteiger partial charge in [-0.25, -0.2) is 0 Å². The van der Waals surface area contributed by atoms with E-state index in [0.717, 1.165) is 17.0 Å². The molecular formula is C13H21N3O3. The van der Waals surface area contributed by atoms with Gasteiger partial charge in [0.2, 0.25) is 5.91 Å². The molecule has 0 aliphatic rings. The van der Waals surface area contributed by atoms with E-state index >= 15 is 0 Å². The van der Waals surface area contributed by atoms with E-state index in [2.05, 4.69) is 14.9 Å². The summed E-state index contributed by atoms with van der Waals surface area (Å²) in [6.07, 6.45) is 0.239. The number of hydrogen-bond donors (Lipinski definition) is 1. The van der Waals surface area contributed by atoms with Crippen LogP contribution in [0.15, 0.2) is 0 Å². The Labute approximate surface area is 113 Å². The first-order valence-electron chi connectivity index (χ1n) is 6.23. The van der Waals surface area contributed by atoms with Crippen LogP contribution >= 0.6 is 0 Å². The molecule has 6 heteroatoms. The minimum Gasteiger partial charge on any atom is -0.468 e. The third-order valence-electron chi connectivity index (χ3n) is 3.08. The number of nitrogens with zero attached hydrogens (tertiary/aromatic N) is 2. The van der Waals surface area contributed by atoms with Crippen LogP contribution in [0, 0.1) is 13.8 Å². The zero-order chi connectivity index (χ0) is 14.6. The van der Waals surface area contributed by atoms with Crippen molar-refractivity contribution < 1.29 is 14.3 Å². The summed E-state index contributed by atoms with van der Waals surface area (Å²) in [6, 6.07) is -0.0564. The van der Waals surface area contributed by atoms with E-state index in [0.29, 0.717) is 0 Å². The second kappa shape index (κ2) is 6.36. The van der Waals surface area contributed by atoms with E-state index in [1.807, 2.05) is 27.7 Å². The van der Waals surface area contributed by atoms with Crippen LogP contribution in [0.25, 0.3) is 0 Å². The second-order valence-corrected chi connectivity index (χ2v) is 4.78. The van der Waals surface area contributed by atoms with Crippen molar-refractivity contribution in [1.29, 1.82) is 0 Å². The summed E-state index contributed by atoms with van der Waals surface area (Å²) in [5.74, 6) is -0.518. The molecule has 0 unspecified atom stereocenters. The molecule has 1 heterocycles. The Bertz CT molecular complexity index is 446. The van der Waals surface area contributed by atoms with Crippen molar-refractivity contribution in [3.63, 3.8) is 0 Å². The highest BCUT2D eigenvalue weighted by Crippen LogP contribution is 2.12. The molecule has 0 aliphatic heterocycles. The molecular weight excluding hydrogens is 246 g/mol. The minimum absolute atomic E-state index is 0.0249. The van der Waals surface area contributed by atoms with Gasteiger partial charge in [-0.2, -0.15) is 5.10 Å². The van der Waals surface area contributed by atoms with Crippen LogP contribution in [-0.2, 0) is 20.7 Å². The molecule has 0 radical (unpaired) electrons. The second-order valence-electron chi connectivity index (χ2n) is 4.78. The fourth-order valence-corrected chi connectivity index (χ4v) is 1.85. The van der Waals surface area contributed by atoms with Crippen molar-refractivity contribution in [3.05, 3.63) is 17.0 Å². The molecule has 1 N–H and O–H groups in total. The van der Waals surface area contributed by atoms with Gasteiger partial charge < -0.3 is 9.64 Å². The molecule has 0 aliphatic carbocycles. The van der Waals surface area contributed by atoms with E-state index in [9.17, 15) is 9.59 Å². The molecule has 6 nitrogen and oxygen atoms in total. The molecule has 0 aromatic carbocycles. The third kappa shape index (κ3) is 3.81. The molecule has 0 atom stereocenters. The number of aromatic amines is 1. The monoisotopic (exact) mass is 267 g/mol. The lowest BCUT2D eigenvalue weighted by Crippen LogP contribution is -2.42. The number of methoxy groups -OCH3 is 1. The van der Waals surface area contributed by atoms with Crippen molar-refractivity contribution >= 4 is 11.9 Å². The summed E-state index contributed by atoms with van der Waals surface area (Å²) in [4.78, 5) is 25.1. The van der Waals surface area contributed by atoms with Crippen molar-refractivity contribution in [2.45, 2.75) is 40.2 Å². The number of amides is 1. The van der Waals surface area contributed by atoms with Gasteiger partial charge >= 0.3 is 5.97 Å². The van der Waals surface area contributed by atoms with Gasteiger partial charge in [0, 0.05) is 17.3 Å². The average molecular weight is 267 g/mol. The van der Waals surface area contributed by atoms with Gasteiger partial charge in [0.25, 0.3) is 0 Å². The average Bonchev–Trinajstić information content (AvgIpc) is 2.66. The maximum atomic E-state index is 12.3. The maximum Gasteiger partial charge on any atom is 0.325 e. The zero-order valence-electron chi connectivity index (χ0n) is 12.1. The van der Waals surface area contributed by atoms with Gasteiger partial charge in [-0.05, 0) is 27.7 Å². The van der Waals surface area contributed by atoms with Crippen LogP contribution in [0.1, 0.15) is 30.8 Å². The number of ether oxygens (including phenoxy) is 1. The largest absolute Gasteiger partial charge is 0.468 e. The topological polar surface area (TPSA) is 75.3 Å². The molecule has 0 bridgehead atoms. The fourth-order valence-electron chi connectivity index (χ4n) is 1.85. The first kappa shape index (κ1) is 15.2. The van der Waals surface area contributed by atoms with Gasteiger partial charge in [-0.3, -0.25) is 14.7 Å². The molecule has 1 aromatic heterocycles. The summed E-state index contributed by atoms with van der Waals surface area (Å²) in [7, 11) is 1.32. The zero-order valence-corrected chi connectivity index (χ0v) is 12.1. The molecule has 106 valence electrons. The predicted molar refractivity (Wildman–Crippen MR) is 70.6 cm³/mol. The van der Waals surface area contributed by atoms with Gasteiger partial charge in [0.05, 0.1) is 19.2 Å². The van der Waals surface area contributed by atoms with Gasteiger partial charge in [-0.15, -0.1) is 0 Å². The van der Waals surface area contributed by atoms with Crippen molar-refractivity contribution in [2.24, 2.45) is 0 Å². The van der Waals surface area contributed by atoms with Crippen LogP contribution in [0.2, 0.25) is 0 Å². The third-order valence-corrected chi connectivity index (χ3v) is 3.08. The number of carbonyl (C=O) groups excluding carboxylic acids is 2. The summed E-state index contributed by atoms with van der Waals surface area (Å²) >= 11 is 0. The van der Waals surface area contributed by atoms with E-state index in [1.165, 1.54) is 12.0 Å². The Balaban J connectivity index is 2.81. The number of esters is 1. The molecule has 0 spiro atoms. The molecule has 1 aromatic rings. The standard InChI is InChI=1S/C13H21N3O3/c1-8(2)16(7-13(18)19-5)12(17)6-11-9(3)14-15-10(11)4/h8H,6-7H2,1-5H3,(H,14,15). The predicted octanol–water partition coefficient (Wildman–Crippen LogP) is 0.979. The maximum absolute atomic E-state index is 12.3. The number of rotatable bonds is 5. The quantitative estimate of drug-likeness (QED) is 0.807. The summed E-state index contributed by atoms with van der Waals surface area (Å²) in [5, 5.41) is 6.91. The van der Waals surface area contributed by atoms with Gasteiger partial charge in [-0.1, -0.05) is 0 Å². The van der Waals surface area contributed by atoms with Crippen molar-refractivity contribution in [1.82, 2.24) is 15.1 Å². The van der Waals surface area contributed by atoms with Crippen LogP contribution in [0.3, 0.4) is 0 Å². The first-order chi connectivity index (χ1) is 8.86. The highest BCUT2D eigenvalue weighted by molar-refractivity contribution is 5.84. The number of H-pyrrole nitrogens is 1. The molecule has 0 saturated carbocycles. The normalized spacial score (nSPS) is 10.6. The summed E-state index contributed by atoms with van der Waals surface area (Å²) in [5.41, 5.74) is 2.58. The lowest BCUT2D eigenvalue weighted by molar-refractivity contribution is -0.148. The fraction of sp³-hybridized carbons (Fsp3) is 0.615. The summed E-state index contributed by atoms with van der Waals surface area (Å²) < 4.78 is 4.61. The molecule has 1 rings (SSSR count). The lowest BCUT2D eigenvalue weighted by Gasteiger charge is -2.25. The highest BCUT2D eigenvalue weighted by Gasteiger charge is 2.22. The summed E-state index contributed by atoms with van der Waals surface area (Å²) in [6.45, 7) is 7.45. The van der Waals surface area contributed by atoms with E-state index in [-0.39, 0.29) is 24.9 Å². The Morgan fingerprint density at radius 2 is 2.00 bits per heavy atom. The van der Waals surface area contributed by atoms with Gasteiger partial charge in [0.1, 0.15) is 6.54 Å². The molecule has 0 fully saturated rings. The first-order valence-corrected chi connectivity index (χ1v) is 6.23. The number of aryl methyl sites for hydroxylation is 2. The van der Waals surface area contributed by atoms with E-state index in [4.69, 9.17) is 0 Å². The lowest BCUT2D eigenvalue weighted by atomic mass is 10.1. The van der Waals surface area contributed by atoms with E-state index < -0.39 is 5.97 Å². The molecule has 0 saturated heterocycles. The molecule has 19 heavy (non-hydrogen) atoms. The molecule has 1 amide bonds. The number of aromatic nitrogens is 2. The Kier molecular flexibility index (Phi) is 5.09. The number of nitrogens with one attached hydrogen (secondary N) is 1. The number of carbonyl (C=O) groups is 2. The van der Waals surface area contributed by atoms with Crippen molar-refractivity contribution in [2.75, 3.05) is 13.7 Å².